The summed E-state index contributed by atoms with van der Waals surface area (Å²) in [5.41, 5.74) is 0.682. The summed E-state index contributed by atoms with van der Waals surface area (Å²) in [6.45, 7) is 5.13. The smallest absolute Gasteiger partial charge is 0.177 e. The van der Waals surface area contributed by atoms with E-state index >= 15 is 0 Å². The quantitative estimate of drug-likeness (QED) is 0.815. The summed E-state index contributed by atoms with van der Waals surface area (Å²) in [5.74, 6) is 1.59. The van der Waals surface area contributed by atoms with Crippen LogP contribution in [-0.4, -0.2) is 71.0 Å². The SMILES string of the molecule is c1cc2nncn2nc1N1CC2(C[C@H](OCC3CCOCC3)CCO2)C1. The molecule has 0 aliphatic carbocycles. The Kier molecular flexibility index (Phi) is 4.26. The summed E-state index contributed by atoms with van der Waals surface area (Å²) >= 11 is 0. The van der Waals surface area contributed by atoms with E-state index in [4.69, 9.17) is 14.2 Å². The molecule has 3 aliphatic rings. The lowest BCUT2D eigenvalue weighted by molar-refractivity contribution is -0.150. The fraction of sp³-hybridized carbons (Fsp3) is 0.722. The molecular formula is C18H25N5O3. The van der Waals surface area contributed by atoms with Crippen molar-refractivity contribution in [3.8, 4) is 0 Å². The number of hydrogen-bond donors (Lipinski definition) is 0. The fourth-order valence-electron chi connectivity index (χ4n) is 4.23. The molecule has 0 saturated carbocycles. The molecule has 2 aromatic heterocycles. The molecule has 26 heavy (non-hydrogen) atoms. The summed E-state index contributed by atoms with van der Waals surface area (Å²) < 4.78 is 19.5. The molecule has 3 saturated heterocycles. The van der Waals surface area contributed by atoms with Crippen LogP contribution in [0.15, 0.2) is 18.5 Å². The molecule has 1 atom stereocenters. The number of aromatic nitrogens is 4. The molecule has 0 bridgehead atoms. The molecule has 8 nitrogen and oxygen atoms in total. The molecule has 0 radical (unpaired) electrons. The first-order valence-corrected chi connectivity index (χ1v) is 9.55. The van der Waals surface area contributed by atoms with Gasteiger partial charge in [-0.1, -0.05) is 0 Å². The van der Waals surface area contributed by atoms with E-state index in [1.807, 2.05) is 12.1 Å². The molecule has 3 aliphatic heterocycles. The summed E-state index contributed by atoms with van der Waals surface area (Å²) in [5, 5.41) is 12.4. The van der Waals surface area contributed by atoms with Gasteiger partial charge in [-0.3, -0.25) is 0 Å². The van der Waals surface area contributed by atoms with Gasteiger partial charge in [-0.05, 0) is 37.3 Å². The number of fused-ring (bicyclic) bond motifs is 1. The third kappa shape index (κ3) is 3.17. The standard InChI is InChI=1S/C18H25N5O3/c1-2-17(21-23-13-19-20-16(1)23)22-11-18(12-22)9-15(5-8-26-18)25-10-14-3-6-24-7-4-14/h1-2,13-15H,3-12H2/t15-/m1/s1. The third-order valence-corrected chi connectivity index (χ3v) is 5.79. The van der Waals surface area contributed by atoms with Gasteiger partial charge < -0.3 is 19.1 Å². The van der Waals surface area contributed by atoms with Crippen molar-refractivity contribution in [3.05, 3.63) is 18.5 Å². The Morgan fingerprint density at radius 3 is 2.92 bits per heavy atom. The lowest BCUT2D eigenvalue weighted by Crippen LogP contribution is -2.66. The van der Waals surface area contributed by atoms with E-state index in [2.05, 4.69) is 20.2 Å². The van der Waals surface area contributed by atoms with E-state index in [-0.39, 0.29) is 5.60 Å². The largest absolute Gasteiger partial charge is 0.381 e. The molecule has 1 spiro atoms. The zero-order chi connectivity index (χ0) is 17.4. The Labute approximate surface area is 152 Å². The molecule has 3 fully saturated rings. The lowest BCUT2D eigenvalue weighted by Gasteiger charge is -2.53. The van der Waals surface area contributed by atoms with E-state index in [9.17, 15) is 0 Å². The summed E-state index contributed by atoms with van der Waals surface area (Å²) in [6, 6.07) is 3.95. The predicted octanol–water partition coefficient (Wildman–Crippen LogP) is 1.31. The second-order valence-electron chi connectivity index (χ2n) is 7.72. The van der Waals surface area contributed by atoms with Gasteiger partial charge in [-0.25, -0.2) is 0 Å². The Hall–Kier alpha value is -1.77. The third-order valence-electron chi connectivity index (χ3n) is 5.79. The monoisotopic (exact) mass is 359 g/mol. The number of ether oxygens (including phenoxy) is 3. The van der Waals surface area contributed by atoms with Crippen LogP contribution in [0.1, 0.15) is 25.7 Å². The molecule has 5 rings (SSSR count). The molecule has 0 N–H and O–H groups in total. The van der Waals surface area contributed by atoms with Gasteiger partial charge in [0, 0.05) is 32.8 Å². The minimum absolute atomic E-state index is 0.0809. The summed E-state index contributed by atoms with van der Waals surface area (Å²) in [7, 11) is 0. The van der Waals surface area contributed by atoms with Crippen molar-refractivity contribution in [3.63, 3.8) is 0 Å². The van der Waals surface area contributed by atoms with Crippen LogP contribution in [-0.2, 0) is 14.2 Å². The molecule has 0 unspecified atom stereocenters. The Morgan fingerprint density at radius 1 is 1.15 bits per heavy atom. The number of anilines is 1. The molecule has 2 aromatic rings. The molecule has 140 valence electrons. The molecule has 0 amide bonds. The number of rotatable bonds is 4. The van der Waals surface area contributed by atoms with Crippen molar-refractivity contribution in [2.24, 2.45) is 5.92 Å². The first-order chi connectivity index (χ1) is 12.8. The van der Waals surface area contributed by atoms with Crippen molar-refractivity contribution < 1.29 is 14.2 Å². The highest BCUT2D eigenvalue weighted by Crippen LogP contribution is 2.37. The van der Waals surface area contributed by atoms with Gasteiger partial charge in [-0.2, -0.15) is 4.52 Å². The van der Waals surface area contributed by atoms with E-state index in [1.165, 1.54) is 0 Å². The molecule has 0 aromatic carbocycles. The minimum Gasteiger partial charge on any atom is -0.381 e. The number of nitrogens with zero attached hydrogens (tertiary/aromatic N) is 5. The van der Waals surface area contributed by atoms with Crippen LogP contribution in [0, 0.1) is 5.92 Å². The van der Waals surface area contributed by atoms with Gasteiger partial charge in [0.1, 0.15) is 17.7 Å². The first kappa shape index (κ1) is 16.4. The van der Waals surface area contributed by atoms with Gasteiger partial charge >= 0.3 is 0 Å². The van der Waals surface area contributed by atoms with Gasteiger partial charge in [0.2, 0.25) is 0 Å². The Morgan fingerprint density at radius 2 is 2.04 bits per heavy atom. The second kappa shape index (κ2) is 6.75. The van der Waals surface area contributed by atoms with Crippen molar-refractivity contribution in [2.75, 3.05) is 44.4 Å². The topological polar surface area (TPSA) is 74.0 Å². The predicted molar refractivity (Wildman–Crippen MR) is 94.2 cm³/mol. The summed E-state index contributed by atoms with van der Waals surface area (Å²) in [4.78, 5) is 2.25. The van der Waals surface area contributed by atoms with Crippen LogP contribution in [0.3, 0.4) is 0 Å². The molecular weight excluding hydrogens is 334 g/mol. The van der Waals surface area contributed by atoms with E-state index < -0.39 is 0 Å². The van der Waals surface area contributed by atoms with Gasteiger partial charge in [-0.15, -0.1) is 15.3 Å². The van der Waals surface area contributed by atoms with Crippen molar-refractivity contribution >= 4 is 11.5 Å². The van der Waals surface area contributed by atoms with Gasteiger partial charge in [0.15, 0.2) is 5.65 Å². The van der Waals surface area contributed by atoms with Crippen LogP contribution < -0.4 is 4.90 Å². The zero-order valence-corrected chi connectivity index (χ0v) is 14.9. The van der Waals surface area contributed by atoms with Crippen LogP contribution >= 0.6 is 0 Å². The minimum atomic E-state index is -0.0809. The van der Waals surface area contributed by atoms with E-state index in [0.29, 0.717) is 12.0 Å². The Bertz CT molecular complexity index is 754. The van der Waals surface area contributed by atoms with Crippen molar-refractivity contribution in [1.82, 2.24) is 19.8 Å². The van der Waals surface area contributed by atoms with Gasteiger partial charge in [0.05, 0.1) is 19.2 Å². The van der Waals surface area contributed by atoms with Crippen LogP contribution in [0.5, 0.6) is 0 Å². The highest BCUT2D eigenvalue weighted by molar-refractivity contribution is 5.48. The Balaban J connectivity index is 1.17. The first-order valence-electron chi connectivity index (χ1n) is 9.55. The number of hydrogen-bond acceptors (Lipinski definition) is 7. The maximum atomic E-state index is 6.25. The maximum Gasteiger partial charge on any atom is 0.177 e. The lowest BCUT2D eigenvalue weighted by atomic mass is 9.84. The highest BCUT2D eigenvalue weighted by Gasteiger charge is 2.48. The van der Waals surface area contributed by atoms with Crippen molar-refractivity contribution in [2.45, 2.75) is 37.4 Å². The highest BCUT2D eigenvalue weighted by atomic mass is 16.5. The second-order valence-corrected chi connectivity index (χ2v) is 7.72. The average Bonchev–Trinajstić information content (AvgIpc) is 3.13. The molecule has 8 heteroatoms. The van der Waals surface area contributed by atoms with Crippen LogP contribution in [0.2, 0.25) is 0 Å². The average molecular weight is 359 g/mol. The van der Waals surface area contributed by atoms with Crippen LogP contribution in [0.4, 0.5) is 5.82 Å². The summed E-state index contributed by atoms with van der Waals surface area (Å²) in [6.07, 6.45) is 6.16. The molecule has 5 heterocycles. The fourth-order valence-corrected chi connectivity index (χ4v) is 4.23. The van der Waals surface area contributed by atoms with Gasteiger partial charge in [0.25, 0.3) is 0 Å². The van der Waals surface area contributed by atoms with E-state index in [0.717, 1.165) is 76.7 Å². The van der Waals surface area contributed by atoms with Crippen LogP contribution in [0.25, 0.3) is 5.65 Å². The normalized spacial score (nSPS) is 26.3. The maximum absolute atomic E-state index is 6.25. The zero-order valence-electron chi connectivity index (χ0n) is 14.9. The van der Waals surface area contributed by atoms with Crippen molar-refractivity contribution in [1.29, 1.82) is 0 Å². The van der Waals surface area contributed by atoms with E-state index in [1.54, 1.807) is 10.8 Å².